The Bertz CT molecular complexity index is 796. The Morgan fingerprint density at radius 2 is 2.00 bits per heavy atom. The maximum absolute atomic E-state index is 12.3. The predicted molar refractivity (Wildman–Crippen MR) is 100 cm³/mol. The van der Waals surface area contributed by atoms with Crippen molar-refractivity contribution in [1.82, 2.24) is 10.2 Å². The number of likely N-dealkylation sites (tertiary alicyclic amines) is 1. The van der Waals surface area contributed by atoms with Gasteiger partial charge in [-0.3, -0.25) is 0 Å². The van der Waals surface area contributed by atoms with Crippen molar-refractivity contribution in [1.29, 1.82) is 5.26 Å². The van der Waals surface area contributed by atoms with Crippen LogP contribution in [0, 0.1) is 17.2 Å². The van der Waals surface area contributed by atoms with Crippen molar-refractivity contribution < 1.29 is 9.90 Å². The molecule has 134 valence electrons. The highest BCUT2D eigenvalue weighted by atomic mass is 16.3. The van der Waals surface area contributed by atoms with E-state index in [1.165, 1.54) is 0 Å². The first kappa shape index (κ1) is 18.0. The summed E-state index contributed by atoms with van der Waals surface area (Å²) in [6.45, 7) is 1.95. The summed E-state index contributed by atoms with van der Waals surface area (Å²) in [7, 11) is 0. The molecule has 1 heterocycles. The normalized spacial score (nSPS) is 16.8. The molecule has 0 aromatic heterocycles. The van der Waals surface area contributed by atoms with Gasteiger partial charge in [-0.2, -0.15) is 5.26 Å². The number of piperidine rings is 1. The van der Waals surface area contributed by atoms with E-state index in [9.17, 15) is 15.2 Å². The summed E-state index contributed by atoms with van der Waals surface area (Å²) < 4.78 is 0. The highest BCUT2D eigenvalue weighted by molar-refractivity contribution is 5.74. The van der Waals surface area contributed by atoms with Crippen LogP contribution in [0.3, 0.4) is 0 Å². The van der Waals surface area contributed by atoms with Gasteiger partial charge in [-0.25, -0.2) is 4.79 Å². The fourth-order valence-corrected chi connectivity index (χ4v) is 3.32. The van der Waals surface area contributed by atoms with E-state index in [0.29, 0.717) is 18.7 Å². The van der Waals surface area contributed by atoms with Crippen LogP contribution in [0.5, 0.6) is 0 Å². The molecule has 5 nitrogen and oxygen atoms in total. The molecule has 1 aliphatic rings. The molecule has 5 heteroatoms. The van der Waals surface area contributed by atoms with E-state index in [2.05, 4.69) is 11.4 Å². The second kappa shape index (κ2) is 8.50. The third-order valence-corrected chi connectivity index (χ3v) is 4.82. The lowest BCUT2D eigenvalue weighted by atomic mass is 9.99. The van der Waals surface area contributed by atoms with Crippen LogP contribution in [0.4, 0.5) is 4.79 Å². The number of hydrogen-bond acceptors (Lipinski definition) is 3. The van der Waals surface area contributed by atoms with Crippen LogP contribution in [-0.4, -0.2) is 35.7 Å². The van der Waals surface area contributed by atoms with Crippen molar-refractivity contribution in [2.75, 3.05) is 19.7 Å². The molecule has 1 atom stereocenters. The summed E-state index contributed by atoms with van der Waals surface area (Å²) in [6.07, 6.45) is 1.91. The Kier molecular flexibility index (Phi) is 5.88. The van der Waals surface area contributed by atoms with Gasteiger partial charge in [-0.15, -0.1) is 0 Å². The molecule has 0 spiro atoms. The van der Waals surface area contributed by atoms with Crippen LogP contribution in [-0.2, 0) is 6.54 Å². The van der Waals surface area contributed by atoms with Crippen LogP contribution in [0.15, 0.2) is 48.5 Å². The van der Waals surface area contributed by atoms with Gasteiger partial charge in [0.05, 0.1) is 11.6 Å². The molecular weight excluding hydrogens is 326 g/mol. The lowest BCUT2D eigenvalue weighted by Gasteiger charge is -2.31. The van der Waals surface area contributed by atoms with E-state index < -0.39 is 0 Å². The van der Waals surface area contributed by atoms with Gasteiger partial charge in [0.15, 0.2) is 0 Å². The zero-order chi connectivity index (χ0) is 18.4. The Morgan fingerprint density at radius 1 is 1.23 bits per heavy atom. The van der Waals surface area contributed by atoms with Gasteiger partial charge in [0.1, 0.15) is 0 Å². The van der Waals surface area contributed by atoms with Crippen molar-refractivity contribution in [3.8, 4) is 17.2 Å². The molecule has 2 N–H and O–H groups in total. The minimum absolute atomic E-state index is 0.0814. The highest BCUT2D eigenvalue weighted by Gasteiger charge is 2.22. The number of amides is 2. The fourth-order valence-electron chi connectivity index (χ4n) is 3.32. The van der Waals surface area contributed by atoms with Crippen molar-refractivity contribution >= 4 is 6.03 Å². The number of nitrogens with zero attached hydrogens (tertiary/aromatic N) is 2. The van der Waals surface area contributed by atoms with Crippen molar-refractivity contribution in [3.63, 3.8) is 0 Å². The standard InChI is InChI=1S/C21H23N3O2/c22-12-19-5-1-2-6-20(19)18-9-7-16(8-10-18)13-23-21(26)24-11-3-4-17(14-24)15-25/h1-2,5-10,17,25H,3-4,11,13-15H2,(H,23,26). The third-order valence-electron chi connectivity index (χ3n) is 4.82. The van der Waals surface area contributed by atoms with E-state index in [1.54, 1.807) is 4.90 Å². The number of hydrogen-bond donors (Lipinski definition) is 2. The fraction of sp³-hybridized carbons (Fsp3) is 0.333. The zero-order valence-electron chi connectivity index (χ0n) is 14.7. The summed E-state index contributed by atoms with van der Waals surface area (Å²) in [6, 6.07) is 17.5. The molecule has 1 saturated heterocycles. The Balaban J connectivity index is 1.59. The average molecular weight is 349 g/mol. The summed E-state index contributed by atoms with van der Waals surface area (Å²) in [5.74, 6) is 0.189. The second-order valence-electron chi connectivity index (χ2n) is 6.65. The second-order valence-corrected chi connectivity index (χ2v) is 6.65. The number of rotatable bonds is 4. The van der Waals surface area contributed by atoms with Gasteiger partial charge >= 0.3 is 6.03 Å². The number of benzene rings is 2. The molecule has 1 fully saturated rings. The smallest absolute Gasteiger partial charge is 0.317 e. The minimum Gasteiger partial charge on any atom is -0.396 e. The maximum atomic E-state index is 12.3. The molecule has 0 bridgehead atoms. The summed E-state index contributed by atoms with van der Waals surface area (Å²) >= 11 is 0. The number of aliphatic hydroxyl groups is 1. The number of carbonyl (C=O) groups is 1. The van der Waals surface area contributed by atoms with Crippen LogP contribution < -0.4 is 5.32 Å². The number of nitriles is 1. The molecule has 3 rings (SSSR count). The van der Waals surface area contributed by atoms with E-state index >= 15 is 0 Å². The van der Waals surface area contributed by atoms with Crippen molar-refractivity contribution in [2.24, 2.45) is 5.92 Å². The monoisotopic (exact) mass is 349 g/mol. The molecule has 2 amide bonds. The zero-order valence-corrected chi connectivity index (χ0v) is 14.7. The molecule has 0 radical (unpaired) electrons. The Morgan fingerprint density at radius 3 is 2.73 bits per heavy atom. The SMILES string of the molecule is N#Cc1ccccc1-c1ccc(CNC(=O)N2CCCC(CO)C2)cc1. The molecule has 26 heavy (non-hydrogen) atoms. The predicted octanol–water partition coefficient (Wildman–Crippen LogP) is 3.14. The number of aliphatic hydroxyl groups excluding tert-OH is 1. The topological polar surface area (TPSA) is 76.4 Å². The maximum Gasteiger partial charge on any atom is 0.317 e. The van der Waals surface area contributed by atoms with Gasteiger partial charge in [0.25, 0.3) is 0 Å². The molecule has 1 aliphatic heterocycles. The number of nitrogens with one attached hydrogen (secondary N) is 1. The van der Waals surface area contributed by atoms with E-state index in [1.807, 2.05) is 48.5 Å². The lowest BCUT2D eigenvalue weighted by molar-refractivity contribution is 0.129. The largest absolute Gasteiger partial charge is 0.396 e. The Hall–Kier alpha value is -2.84. The third kappa shape index (κ3) is 4.22. The van der Waals surface area contributed by atoms with Gasteiger partial charge < -0.3 is 15.3 Å². The summed E-state index contributed by atoms with van der Waals surface area (Å²) in [4.78, 5) is 14.1. The van der Waals surface area contributed by atoms with Gasteiger partial charge in [-0.1, -0.05) is 42.5 Å². The molecule has 1 unspecified atom stereocenters. The summed E-state index contributed by atoms with van der Waals surface area (Å²) in [5, 5.41) is 21.4. The number of carbonyl (C=O) groups excluding carboxylic acids is 1. The molecule has 0 saturated carbocycles. The quantitative estimate of drug-likeness (QED) is 0.890. The first-order valence-electron chi connectivity index (χ1n) is 8.93. The molecule has 0 aliphatic carbocycles. The van der Waals surface area contributed by atoms with E-state index in [0.717, 1.165) is 36.1 Å². The molecule has 2 aromatic carbocycles. The van der Waals surface area contributed by atoms with Crippen LogP contribution in [0.2, 0.25) is 0 Å². The van der Waals surface area contributed by atoms with Crippen LogP contribution in [0.1, 0.15) is 24.0 Å². The highest BCUT2D eigenvalue weighted by Crippen LogP contribution is 2.23. The van der Waals surface area contributed by atoms with E-state index in [-0.39, 0.29) is 18.6 Å². The first-order chi connectivity index (χ1) is 12.7. The average Bonchev–Trinajstić information content (AvgIpc) is 2.72. The molecule has 2 aromatic rings. The minimum atomic E-state index is -0.0814. The van der Waals surface area contributed by atoms with E-state index in [4.69, 9.17) is 0 Å². The van der Waals surface area contributed by atoms with Gasteiger partial charge in [-0.05, 0) is 41.5 Å². The molecular formula is C21H23N3O2. The van der Waals surface area contributed by atoms with Crippen molar-refractivity contribution in [3.05, 3.63) is 59.7 Å². The van der Waals surface area contributed by atoms with Gasteiger partial charge in [0.2, 0.25) is 0 Å². The van der Waals surface area contributed by atoms with Gasteiger partial charge in [0, 0.05) is 26.2 Å². The lowest BCUT2D eigenvalue weighted by Crippen LogP contribution is -2.45. The Labute approximate surface area is 153 Å². The number of urea groups is 1. The first-order valence-corrected chi connectivity index (χ1v) is 8.93. The van der Waals surface area contributed by atoms with Crippen LogP contribution in [0.25, 0.3) is 11.1 Å². The summed E-state index contributed by atoms with van der Waals surface area (Å²) in [5.41, 5.74) is 3.55. The van der Waals surface area contributed by atoms with Crippen molar-refractivity contribution in [2.45, 2.75) is 19.4 Å². The van der Waals surface area contributed by atoms with Crippen LogP contribution >= 0.6 is 0 Å².